The SMILES string of the molecule is CCC(CC)C(C)N1CC(=O)NC2(CCCC2)C1=O. The first-order chi connectivity index (χ1) is 9.04. The van der Waals surface area contributed by atoms with Gasteiger partial charge in [0.05, 0.1) is 6.54 Å². The molecular weight excluding hydrogens is 240 g/mol. The standard InChI is InChI=1S/C15H26N2O2/c1-4-12(5-2)11(3)17-10-13(18)16-15(14(17)19)8-6-7-9-15/h11-12H,4-10H2,1-3H3,(H,16,18). The van der Waals surface area contributed by atoms with E-state index >= 15 is 0 Å². The van der Waals surface area contributed by atoms with Crippen molar-refractivity contribution < 1.29 is 9.59 Å². The van der Waals surface area contributed by atoms with Crippen LogP contribution in [0.3, 0.4) is 0 Å². The number of nitrogens with one attached hydrogen (secondary N) is 1. The van der Waals surface area contributed by atoms with Crippen molar-refractivity contribution in [2.75, 3.05) is 6.54 Å². The van der Waals surface area contributed by atoms with Gasteiger partial charge in [0.2, 0.25) is 11.8 Å². The first-order valence-electron chi connectivity index (χ1n) is 7.66. The molecule has 1 aliphatic heterocycles. The Balaban J connectivity index is 2.20. The second-order valence-electron chi connectivity index (χ2n) is 6.09. The zero-order valence-corrected chi connectivity index (χ0v) is 12.4. The molecule has 1 N–H and O–H groups in total. The lowest BCUT2D eigenvalue weighted by Gasteiger charge is -2.44. The molecule has 1 saturated carbocycles. The Kier molecular flexibility index (Phi) is 4.16. The van der Waals surface area contributed by atoms with E-state index in [-0.39, 0.29) is 24.4 Å². The molecule has 4 heteroatoms. The second-order valence-corrected chi connectivity index (χ2v) is 6.09. The van der Waals surface area contributed by atoms with Crippen molar-refractivity contribution in [3.05, 3.63) is 0 Å². The van der Waals surface area contributed by atoms with Gasteiger partial charge < -0.3 is 10.2 Å². The number of amides is 2. The average Bonchev–Trinajstić information content (AvgIpc) is 2.84. The minimum atomic E-state index is -0.574. The molecule has 4 nitrogen and oxygen atoms in total. The molecule has 0 aromatic rings. The fraction of sp³-hybridized carbons (Fsp3) is 0.867. The Morgan fingerprint density at radius 3 is 2.32 bits per heavy atom. The van der Waals surface area contributed by atoms with Crippen LogP contribution in [-0.2, 0) is 9.59 Å². The molecule has 1 heterocycles. The van der Waals surface area contributed by atoms with E-state index < -0.39 is 5.54 Å². The Bertz CT molecular complexity index is 357. The smallest absolute Gasteiger partial charge is 0.249 e. The van der Waals surface area contributed by atoms with E-state index in [1.807, 2.05) is 4.90 Å². The van der Waals surface area contributed by atoms with Crippen LogP contribution in [0.5, 0.6) is 0 Å². The Morgan fingerprint density at radius 1 is 1.21 bits per heavy atom. The average molecular weight is 266 g/mol. The van der Waals surface area contributed by atoms with Crippen molar-refractivity contribution in [1.29, 1.82) is 0 Å². The van der Waals surface area contributed by atoms with Crippen LogP contribution in [0.1, 0.15) is 59.3 Å². The monoisotopic (exact) mass is 266 g/mol. The maximum absolute atomic E-state index is 12.8. The van der Waals surface area contributed by atoms with Gasteiger partial charge in [0, 0.05) is 6.04 Å². The molecule has 2 fully saturated rings. The van der Waals surface area contributed by atoms with E-state index in [1.54, 1.807) is 0 Å². The number of hydrogen-bond acceptors (Lipinski definition) is 2. The zero-order chi connectivity index (χ0) is 14.0. The lowest BCUT2D eigenvalue weighted by atomic mass is 9.88. The minimum Gasteiger partial charge on any atom is -0.340 e. The normalized spacial score (nSPS) is 24.1. The number of rotatable bonds is 4. The molecule has 1 spiro atoms. The molecule has 0 aromatic carbocycles. The first kappa shape index (κ1) is 14.4. The number of carbonyl (C=O) groups is 2. The highest BCUT2D eigenvalue weighted by molar-refractivity contribution is 5.98. The van der Waals surface area contributed by atoms with E-state index in [4.69, 9.17) is 0 Å². The highest BCUT2D eigenvalue weighted by atomic mass is 16.2. The zero-order valence-electron chi connectivity index (χ0n) is 12.4. The molecule has 0 aromatic heterocycles. The van der Waals surface area contributed by atoms with Crippen molar-refractivity contribution in [1.82, 2.24) is 10.2 Å². The highest BCUT2D eigenvalue weighted by Crippen LogP contribution is 2.35. The summed E-state index contributed by atoms with van der Waals surface area (Å²) in [5.74, 6) is 0.650. The maximum Gasteiger partial charge on any atom is 0.249 e. The molecule has 2 aliphatic rings. The summed E-state index contributed by atoms with van der Waals surface area (Å²) in [5.41, 5.74) is -0.574. The summed E-state index contributed by atoms with van der Waals surface area (Å²) in [6.07, 6.45) is 5.80. The third-order valence-electron chi connectivity index (χ3n) is 5.04. The van der Waals surface area contributed by atoms with Crippen LogP contribution >= 0.6 is 0 Å². The summed E-state index contributed by atoms with van der Waals surface area (Å²) in [4.78, 5) is 26.6. The van der Waals surface area contributed by atoms with Gasteiger partial charge in [0.15, 0.2) is 0 Å². The molecule has 1 aliphatic carbocycles. The molecule has 2 amide bonds. The van der Waals surface area contributed by atoms with Gasteiger partial charge >= 0.3 is 0 Å². The summed E-state index contributed by atoms with van der Waals surface area (Å²) in [6, 6.07) is 0.158. The van der Waals surface area contributed by atoms with Gasteiger partial charge in [-0.2, -0.15) is 0 Å². The lowest BCUT2D eigenvalue weighted by molar-refractivity contribution is -0.153. The van der Waals surface area contributed by atoms with Gasteiger partial charge in [-0.05, 0) is 25.7 Å². The Labute approximate surface area is 115 Å². The largest absolute Gasteiger partial charge is 0.340 e. The fourth-order valence-electron chi connectivity index (χ4n) is 3.73. The Morgan fingerprint density at radius 2 is 1.79 bits per heavy atom. The van der Waals surface area contributed by atoms with Gasteiger partial charge in [-0.25, -0.2) is 0 Å². The first-order valence-corrected chi connectivity index (χ1v) is 7.66. The molecule has 0 radical (unpaired) electrons. The summed E-state index contributed by atoms with van der Waals surface area (Å²) in [5, 5.41) is 2.97. The number of hydrogen-bond donors (Lipinski definition) is 1. The van der Waals surface area contributed by atoms with E-state index in [2.05, 4.69) is 26.1 Å². The predicted molar refractivity (Wildman–Crippen MR) is 74.6 cm³/mol. The van der Waals surface area contributed by atoms with E-state index in [0.29, 0.717) is 5.92 Å². The van der Waals surface area contributed by atoms with Crippen molar-refractivity contribution in [2.24, 2.45) is 5.92 Å². The molecule has 0 bridgehead atoms. The molecule has 108 valence electrons. The summed E-state index contributed by atoms with van der Waals surface area (Å²) in [7, 11) is 0. The van der Waals surface area contributed by atoms with Gasteiger partial charge in [-0.15, -0.1) is 0 Å². The predicted octanol–water partition coefficient (Wildman–Crippen LogP) is 2.08. The quantitative estimate of drug-likeness (QED) is 0.847. The summed E-state index contributed by atoms with van der Waals surface area (Å²) < 4.78 is 0. The van der Waals surface area contributed by atoms with Gasteiger partial charge in [-0.1, -0.05) is 39.5 Å². The minimum absolute atomic E-state index is 0.0132. The van der Waals surface area contributed by atoms with Crippen LogP contribution in [0.15, 0.2) is 0 Å². The van der Waals surface area contributed by atoms with Crippen LogP contribution in [0, 0.1) is 5.92 Å². The highest BCUT2D eigenvalue weighted by Gasteiger charge is 2.49. The third-order valence-corrected chi connectivity index (χ3v) is 5.04. The molecule has 1 unspecified atom stereocenters. The third kappa shape index (κ3) is 2.49. The van der Waals surface area contributed by atoms with E-state index in [0.717, 1.165) is 38.5 Å². The van der Waals surface area contributed by atoms with Crippen LogP contribution in [-0.4, -0.2) is 34.8 Å². The molecule has 1 atom stereocenters. The molecular formula is C15H26N2O2. The van der Waals surface area contributed by atoms with Crippen LogP contribution in [0.4, 0.5) is 0 Å². The molecule has 2 rings (SSSR count). The second kappa shape index (κ2) is 5.51. The summed E-state index contributed by atoms with van der Waals surface area (Å²) >= 11 is 0. The van der Waals surface area contributed by atoms with Crippen molar-refractivity contribution >= 4 is 11.8 Å². The van der Waals surface area contributed by atoms with Gasteiger partial charge in [0.25, 0.3) is 0 Å². The van der Waals surface area contributed by atoms with Crippen LogP contribution in [0.25, 0.3) is 0 Å². The Hall–Kier alpha value is -1.06. The van der Waals surface area contributed by atoms with Crippen LogP contribution in [0.2, 0.25) is 0 Å². The fourth-order valence-corrected chi connectivity index (χ4v) is 3.73. The van der Waals surface area contributed by atoms with E-state index in [9.17, 15) is 9.59 Å². The number of carbonyl (C=O) groups excluding carboxylic acids is 2. The van der Waals surface area contributed by atoms with Crippen molar-refractivity contribution in [3.63, 3.8) is 0 Å². The van der Waals surface area contributed by atoms with Crippen LogP contribution < -0.4 is 5.32 Å². The lowest BCUT2D eigenvalue weighted by Crippen LogP contribution is -2.67. The maximum atomic E-state index is 12.8. The number of piperazine rings is 1. The summed E-state index contributed by atoms with van der Waals surface area (Å²) in [6.45, 7) is 6.64. The molecule has 1 saturated heterocycles. The molecule has 19 heavy (non-hydrogen) atoms. The number of nitrogens with zero attached hydrogens (tertiary/aromatic N) is 1. The van der Waals surface area contributed by atoms with Gasteiger partial charge in [-0.3, -0.25) is 9.59 Å². The topological polar surface area (TPSA) is 49.4 Å². The van der Waals surface area contributed by atoms with Crippen molar-refractivity contribution in [2.45, 2.75) is 70.9 Å². The van der Waals surface area contributed by atoms with Gasteiger partial charge in [0.1, 0.15) is 5.54 Å². The van der Waals surface area contributed by atoms with Crippen molar-refractivity contribution in [3.8, 4) is 0 Å². The van der Waals surface area contributed by atoms with E-state index in [1.165, 1.54) is 0 Å².